The van der Waals surface area contributed by atoms with Gasteiger partial charge in [-0.15, -0.1) is 11.8 Å². The highest BCUT2D eigenvalue weighted by Crippen LogP contribution is 2.25. The predicted octanol–water partition coefficient (Wildman–Crippen LogP) is 4.18. The lowest BCUT2D eigenvalue weighted by molar-refractivity contribution is -0.115. The van der Waals surface area contributed by atoms with Crippen LogP contribution in [0.2, 0.25) is 0 Å². The monoisotopic (exact) mass is 325 g/mol. The topological polar surface area (TPSA) is 46.9 Å². The van der Waals surface area contributed by atoms with Gasteiger partial charge in [0.2, 0.25) is 11.9 Å². The van der Waals surface area contributed by atoms with Crippen LogP contribution in [-0.2, 0) is 11.3 Å². The summed E-state index contributed by atoms with van der Waals surface area (Å²) in [7, 11) is 0. The number of para-hydroxylation sites is 2. The van der Waals surface area contributed by atoms with Crippen LogP contribution in [0.4, 0.5) is 5.95 Å². The first-order valence-corrected chi connectivity index (χ1v) is 8.55. The molecule has 0 spiro atoms. The van der Waals surface area contributed by atoms with E-state index in [1.165, 1.54) is 0 Å². The Hall–Kier alpha value is -2.27. The number of nitrogens with one attached hydrogen (secondary N) is 1. The first kappa shape index (κ1) is 15.6. The van der Waals surface area contributed by atoms with Crippen LogP contribution in [0.15, 0.2) is 59.5 Å². The molecule has 118 valence electrons. The fraction of sp³-hybridized carbons (Fsp3) is 0.222. The molecular weight excluding hydrogens is 306 g/mol. The molecule has 0 aliphatic heterocycles. The van der Waals surface area contributed by atoms with Crippen molar-refractivity contribution in [1.29, 1.82) is 0 Å². The van der Waals surface area contributed by atoms with Crippen molar-refractivity contribution in [3.8, 4) is 0 Å². The Labute approximate surface area is 139 Å². The van der Waals surface area contributed by atoms with E-state index in [1.54, 1.807) is 11.8 Å². The first-order chi connectivity index (χ1) is 11.2. The third kappa shape index (κ3) is 3.40. The lowest BCUT2D eigenvalue weighted by Crippen LogP contribution is -2.24. The first-order valence-electron chi connectivity index (χ1n) is 7.67. The number of aryl methyl sites for hydroxylation is 1. The van der Waals surface area contributed by atoms with Crippen molar-refractivity contribution in [2.24, 2.45) is 0 Å². The molecule has 1 aromatic heterocycles. The lowest BCUT2D eigenvalue weighted by atomic mass is 10.3. The van der Waals surface area contributed by atoms with Crippen LogP contribution in [0.25, 0.3) is 11.0 Å². The molecule has 5 heteroatoms. The molecule has 0 aliphatic rings. The number of nitrogens with zero attached hydrogens (tertiary/aromatic N) is 2. The van der Waals surface area contributed by atoms with Crippen LogP contribution < -0.4 is 5.32 Å². The Bertz CT molecular complexity index is 814. The quantitative estimate of drug-likeness (QED) is 0.716. The zero-order valence-corrected chi connectivity index (χ0v) is 14.0. The summed E-state index contributed by atoms with van der Waals surface area (Å²) in [6, 6.07) is 17.9. The smallest absolute Gasteiger partial charge is 0.239 e. The van der Waals surface area contributed by atoms with Crippen LogP contribution >= 0.6 is 11.8 Å². The molecular formula is C18H19N3OS. The number of carbonyl (C=O) groups is 1. The second-order valence-corrected chi connectivity index (χ2v) is 6.64. The van der Waals surface area contributed by atoms with E-state index in [9.17, 15) is 4.79 Å². The number of rotatable bonds is 5. The molecule has 0 bridgehead atoms. The second kappa shape index (κ2) is 6.87. The number of hydrogen-bond donors (Lipinski definition) is 1. The number of benzene rings is 2. The van der Waals surface area contributed by atoms with Gasteiger partial charge in [-0.2, -0.15) is 0 Å². The number of imidazole rings is 1. The largest absolute Gasteiger partial charge is 0.310 e. The van der Waals surface area contributed by atoms with Crippen LogP contribution in [0.1, 0.15) is 13.8 Å². The van der Waals surface area contributed by atoms with E-state index in [-0.39, 0.29) is 11.2 Å². The Morgan fingerprint density at radius 1 is 1.17 bits per heavy atom. The second-order valence-electron chi connectivity index (χ2n) is 5.23. The fourth-order valence-corrected chi connectivity index (χ4v) is 3.35. The minimum absolute atomic E-state index is 0.0381. The highest BCUT2D eigenvalue weighted by atomic mass is 32.2. The van der Waals surface area contributed by atoms with Crippen molar-refractivity contribution in [1.82, 2.24) is 9.55 Å². The zero-order chi connectivity index (χ0) is 16.2. The van der Waals surface area contributed by atoms with Crippen LogP contribution in [0.3, 0.4) is 0 Å². The van der Waals surface area contributed by atoms with Crippen molar-refractivity contribution in [2.75, 3.05) is 5.32 Å². The molecule has 3 aromatic rings. The maximum absolute atomic E-state index is 12.5. The Morgan fingerprint density at radius 3 is 2.61 bits per heavy atom. The standard InChI is InChI=1S/C18H19N3OS/c1-3-21-16-12-8-7-11-15(16)19-18(21)20-17(22)13(2)23-14-9-5-4-6-10-14/h4-13H,3H2,1-2H3,(H,19,20,22). The van der Waals surface area contributed by atoms with Crippen LogP contribution in [0, 0.1) is 0 Å². The van der Waals surface area contributed by atoms with Gasteiger partial charge < -0.3 is 4.57 Å². The predicted molar refractivity (Wildman–Crippen MR) is 95.8 cm³/mol. The lowest BCUT2D eigenvalue weighted by Gasteiger charge is -2.12. The van der Waals surface area contributed by atoms with Gasteiger partial charge in [-0.05, 0) is 38.1 Å². The van der Waals surface area contributed by atoms with Crippen LogP contribution in [-0.4, -0.2) is 20.7 Å². The normalized spacial score (nSPS) is 12.3. The van der Waals surface area contributed by atoms with Gasteiger partial charge in [0.15, 0.2) is 0 Å². The molecule has 2 aromatic carbocycles. The summed E-state index contributed by atoms with van der Waals surface area (Å²) >= 11 is 1.54. The summed E-state index contributed by atoms with van der Waals surface area (Å²) in [5.74, 6) is 0.572. The molecule has 1 unspecified atom stereocenters. The molecule has 0 saturated heterocycles. The van der Waals surface area contributed by atoms with E-state index < -0.39 is 0 Å². The Morgan fingerprint density at radius 2 is 1.87 bits per heavy atom. The van der Waals surface area contributed by atoms with Crippen molar-refractivity contribution in [2.45, 2.75) is 30.5 Å². The number of thioether (sulfide) groups is 1. The van der Waals surface area contributed by atoms with E-state index in [0.29, 0.717) is 5.95 Å². The molecule has 1 atom stereocenters. The SMILES string of the molecule is CCn1c(NC(=O)C(C)Sc2ccccc2)nc2ccccc21. The molecule has 0 fully saturated rings. The van der Waals surface area contributed by atoms with Crippen molar-refractivity contribution >= 4 is 34.7 Å². The molecule has 1 amide bonds. The molecule has 0 saturated carbocycles. The summed E-state index contributed by atoms with van der Waals surface area (Å²) in [6.07, 6.45) is 0. The van der Waals surface area contributed by atoms with E-state index in [2.05, 4.69) is 10.3 Å². The highest BCUT2D eigenvalue weighted by molar-refractivity contribution is 8.00. The van der Waals surface area contributed by atoms with Gasteiger partial charge in [0, 0.05) is 11.4 Å². The van der Waals surface area contributed by atoms with Gasteiger partial charge >= 0.3 is 0 Å². The van der Waals surface area contributed by atoms with Crippen molar-refractivity contribution < 1.29 is 4.79 Å². The number of fused-ring (bicyclic) bond motifs is 1. The molecule has 0 radical (unpaired) electrons. The molecule has 23 heavy (non-hydrogen) atoms. The van der Waals surface area contributed by atoms with Gasteiger partial charge in [0.25, 0.3) is 0 Å². The minimum atomic E-state index is -0.192. The number of aromatic nitrogens is 2. The molecule has 4 nitrogen and oxygen atoms in total. The van der Waals surface area contributed by atoms with Gasteiger partial charge in [-0.1, -0.05) is 30.3 Å². The Kier molecular flexibility index (Phi) is 4.67. The number of carbonyl (C=O) groups excluding carboxylic acids is 1. The number of anilines is 1. The minimum Gasteiger partial charge on any atom is -0.310 e. The molecule has 1 heterocycles. The number of hydrogen-bond acceptors (Lipinski definition) is 3. The van der Waals surface area contributed by atoms with Crippen molar-refractivity contribution in [3.05, 3.63) is 54.6 Å². The van der Waals surface area contributed by atoms with Gasteiger partial charge in [-0.25, -0.2) is 4.98 Å². The molecule has 0 aliphatic carbocycles. The average Bonchev–Trinajstić information content (AvgIpc) is 2.92. The van der Waals surface area contributed by atoms with E-state index in [0.717, 1.165) is 22.5 Å². The fourth-order valence-electron chi connectivity index (χ4n) is 2.46. The maximum atomic E-state index is 12.5. The average molecular weight is 325 g/mol. The van der Waals surface area contributed by atoms with Crippen molar-refractivity contribution in [3.63, 3.8) is 0 Å². The summed E-state index contributed by atoms with van der Waals surface area (Å²) in [4.78, 5) is 18.1. The van der Waals surface area contributed by atoms with Gasteiger partial charge in [-0.3, -0.25) is 10.1 Å². The van der Waals surface area contributed by atoms with E-state index in [1.807, 2.05) is 73.0 Å². The van der Waals surface area contributed by atoms with Gasteiger partial charge in [0.1, 0.15) is 0 Å². The molecule has 3 rings (SSSR count). The summed E-state index contributed by atoms with van der Waals surface area (Å²) in [5.41, 5.74) is 1.93. The van der Waals surface area contributed by atoms with Crippen LogP contribution in [0.5, 0.6) is 0 Å². The summed E-state index contributed by atoms with van der Waals surface area (Å²) < 4.78 is 2.02. The zero-order valence-electron chi connectivity index (χ0n) is 13.2. The third-order valence-corrected chi connectivity index (χ3v) is 4.74. The molecule has 1 N–H and O–H groups in total. The van der Waals surface area contributed by atoms with E-state index in [4.69, 9.17) is 0 Å². The third-order valence-electron chi connectivity index (χ3n) is 3.63. The van der Waals surface area contributed by atoms with E-state index >= 15 is 0 Å². The van der Waals surface area contributed by atoms with Gasteiger partial charge in [0.05, 0.1) is 16.3 Å². The summed E-state index contributed by atoms with van der Waals surface area (Å²) in [6.45, 7) is 4.72. The maximum Gasteiger partial charge on any atom is 0.239 e. The highest BCUT2D eigenvalue weighted by Gasteiger charge is 2.18. The number of amides is 1. The summed E-state index contributed by atoms with van der Waals surface area (Å²) in [5, 5.41) is 2.77. The Balaban J connectivity index is 1.77.